The molecular formula is C25H20BrNO2. The molecule has 0 aromatic heterocycles. The van der Waals surface area contributed by atoms with Crippen molar-refractivity contribution >= 4 is 38.6 Å². The molecule has 0 saturated heterocycles. The lowest BCUT2D eigenvalue weighted by atomic mass is 10.1. The third-order valence-corrected chi connectivity index (χ3v) is 5.32. The number of benzene rings is 4. The Labute approximate surface area is 178 Å². The van der Waals surface area contributed by atoms with Gasteiger partial charge in [-0.25, -0.2) is 0 Å². The van der Waals surface area contributed by atoms with E-state index >= 15 is 0 Å². The van der Waals surface area contributed by atoms with E-state index in [1.54, 1.807) is 7.11 Å². The first-order chi connectivity index (χ1) is 14.2. The van der Waals surface area contributed by atoms with Crippen molar-refractivity contribution < 1.29 is 9.47 Å². The molecule has 4 rings (SSSR count). The summed E-state index contributed by atoms with van der Waals surface area (Å²) in [7, 11) is 1.64. The van der Waals surface area contributed by atoms with E-state index in [0.29, 0.717) is 18.1 Å². The van der Waals surface area contributed by atoms with Crippen LogP contribution in [0.5, 0.6) is 11.5 Å². The summed E-state index contributed by atoms with van der Waals surface area (Å²) in [5.74, 6) is 1.36. The van der Waals surface area contributed by atoms with Gasteiger partial charge in [0.15, 0.2) is 11.5 Å². The van der Waals surface area contributed by atoms with Gasteiger partial charge < -0.3 is 9.47 Å². The lowest BCUT2D eigenvalue weighted by Crippen LogP contribution is -1.99. The number of hydrogen-bond acceptors (Lipinski definition) is 3. The molecule has 144 valence electrons. The van der Waals surface area contributed by atoms with Gasteiger partial charge in [-0.05, 0) is 45.1 Å². The number of methoxy groups -OCH3 is 1. The Balaban J connectivity index is 1.63. The second-order valence-electron chi connectivity index (χ2n) is 6.56. The third kappa shape index (κ3) is 4.49. The Morgan fingerprint density at radius 1 is 0.862 bits per heavy atom. The van der Waals surface area contributed by atoms with E-state index in [-0.39, 0.29) is 0 Å². The molecule has 0 atom stereocenters. The molecule has 0 radical (unpaired) electrons. The maximum absolute atomic E-state index is 6.02. The Hall–Kier alpha value is -3.11. The van der Waals surface area contributed by atoms with Gasteiger partial charge >= 0.3 is 0 Å². The van der Waals surface area contributed by atoms with Crippen LogP contribution in [0.2, 0.25) is 0 Å². The van der Waals surface area contributed by atoms with Crippen LogP contribution in [0.1, 0.15) is 11.1 Å². The number of aliphatic imine (C=N–C) groups is 1. The number of hydrogen-bond donors (Lipinski definition) is 0. The van der Waals surface area contributed by atoms with Crippen LogP contribution in [0.4, 0.5) is 5.69 Å². The molecule has 0 saturated carbocycles. The molecule has 0 unspecified atom stereocenters. The van der Waals surface area contributed by atoms with Crippen molar-refractivity contribution in [2.24, 2.45) is 4.99 Å². The molecule has 4 aromatic carbocycles. The predicted molar refractivity (Wildman–Crippen MR) is 123 cm³/mol. The van der Waals surface area contributed by atoms with Crippen LogP contribution >= 0.6 is 15.9 Å². The minimum Gasteiger partial charge on any atom is -0.493 e. The van der Waals surface area contributed by atoms with Crippen LogP contribution < -0.4 is 9.47 Å². The molecule has 0 aliphatic heterocycles. The van der Waals surface area contributed by atoms with Gasteiger partial charge in [-0.3, -0.25) is 4.99 Å². The van der Waals surface area contributed by atoms with Crippen LogP contribution in [-0.2, 0) is 6.61 Å². The van der Waals surface area contributed by atoms with E-state index in [2.05, 4.69) is 34.1 Å². The highest BCUT2D eigenvalue weighted by Crippen LogP contribution is 2.34. The fourth-order valence-corrected chi connectivity index (χ4v) is 3.54. The molecule has 3 nitrogen and oxygen atoms in total. The summed E-state index contributed by atoms with van der Waals surface area (Å²) in [6.45, 7) is 0.471. The van der Waals surface area contributed by atoms with E-state index in [0.717, 1.165) is 26.7 Å². The van der Waals surface area contributed by atoms with Crippen molar-refractivity contribution in [1.82, 2.24) is 0 Å². The van der Waals surface area contributed by atoms with Gasteiger partial charge in [0.05, 0.1) is 12.8 Å². The molecule has 0 aliphatic rings. The zero-order chi connectivity index (χ0) is 20.1. The third-order valence-electron chi connectivity index (χ3n) is 4.63. The summed E-state index contributed by atoms with van der Waals surface area (Å²) < 4.78 is 12.4. The van der Waals surface area contributed by atoms with E-state index in [1.165, 1.54) is 5.39 Å². The van der Waals surface area contributed by atoms with Gasteiger partial charge in [0.25, 0.3) is 0 Å². The number of halogens is 1. The molecule has 0 heterocycles. The number of fused-ring (bicyclic) bond motifs is 1. The van der Waals surface area contributed by atoms with Gasteiger partial charge in [-0.15, -0.1) is 0 Å². The summed E-state index contributed by atoms with van der Waals surface area (Å²) in [6.07, 6.45) is 1.85. The topological polar surface area (TPSA) is 30.8 Å². The summed E-state index contributed by atoms with van der Waals surface area (Å²) >= 11 is 3.61. The van der Waals surface area contributed by atoms with Gasteiger partial charge in [0.1, 0.15) is 6.61 Å². The van der Waals surface area contributed by atoms with E-state index in [1.807, 2.05) is 72.9 Å². The first kappa shape index (κ1) is 19.2. The Morgan fingerprint density at radius 2 is 1.62 bits per heavy atom. The fourth-order valence-electron chi connectivity index (χ4n) is 3.12. The normalized spacial score (nSPS) is 11.1. The van der Waals surface area contributed by atoms with Crippen LogP contribution in [0.3, 0.4) is 0 Å². The van der Waals surface area contributed by atoms with Gasteiger partial charge in [0.2, 0.25) is 0 Å². The molecule has 0 bridgehead atoms. The minimum atomic E-state index is 0.471. The van der Waals surface area contributed by atoms with Crippen molar-refractivity contribution in [3.05, 3.63) is 101 Å². The van der Waals surface area contributed by atoms with Gasteiger partial charge in [-0.1, -0.05) is 66.7 Å². The van der Waals surface area contributed by atoms with Crippen molar-refractivity contribution in [2.45, 2.75) is 6.61 Å². The standard InChI is InChI=1S/C25H20BrNO2/c1-28-24-15-22(26)20(14-25(24)29-17-18-8-3-2-4-9-18)16-27-23-13-7-11-19-10-5-6-12-21(19)23/h2-16H,17H2,1H3. The number of rotatable bonds is 6. The molecule has 4 aromatic rings. The maximum atomic E-state index is 6.02. The van der Waals surface area contributed by atoms with Crippen LogP contribution in [0.15, 0.2) is 94.4 Å². The SMILES string of the molecule is COc1cc(Br)c(C=Nc2cccc3ccccc23)cc1OCc1ccccc1. The summed E-state index contributed by atoms with van der Waals surface area (Å²) in [5, 5.41) is 2.29. The highest BCUT2D eigenvalue weighted by Gasteiger charge is 2.10. The van der Waals surface area contributed by atoms with Crippen molar-refractivity contribution in [3.63, 3.8) is 0 Å². The Kier molecular flexibility index (Phi) is 5.92. The second kappa shape index (κ2) is 8.93. The second-order valence-corrected chi connectivity index (χ2v) is 7.41. The molecule has 0 amide bonds. The van der Waals surface area contributed by atoms with E-state index < -0.39 is 0 Å². The highest BCUT2D eigenvalue weighted by atomic mass is 79.9. The average molecular weight is 446 g/mol. The fraction of sp³-hybridized carbons (Fsp3) is 0.0800. The smallest absolute Gasteiger partial charge is 0.162 e. The summed E-state index contributed by atoms with van der Waals surface area (Å²) in [5.41, 5.74) is 2.95. The predicted octanol–water partition coefficient (Wildman–Crippen LogP) is 6.94. The molecule has 0 N–H and O–H groups in total. The van der Waals surface area contributed by atoms with Gasteiger partial charge in [0, 0.05) is 21.6 Å². The maximum Gasteiger partial charge on any atom is 0.162 e. The molecular weight excluding hydrogens is 426 g/mol. The monoisotopic (exact) mass is 445 g/mol. The first-order valence-corrected chi connectivity index (χ1v) is 10.1. The van der Waals surface area contributed by atoms with Crippen molar-refractivity contribution in [3.8, 4) is 11.5 Å². The van der Waals surface area contributed by atoms with Crippen LogP contribution in [0.25, 0.3) is 10.8 Å². The average Bonchev–Trinajstić information content (AvgIpc) is 2.77. The summed E-state index contributed by atoms with van der Waals surface area (Å²) in [6, 6.07) is 28.3. The van der Waals surface area contributed by atoms with Gasteiger partial charge in [-0.2, -0.15) is 0 Å². The molecule has 0 fully saturated rings. The Bertz CT molecular complexity index is 1150. The molecule has 0 spiro atoms. The first-order valence-electron chi connectivity index (χ1n) is 9.30. The van der Waals surface area contributed by atoms with Crippen LogP contribution in [0, 0.1) is 0 Å². The number of ether oxygens (including phenoxy) is 2. The zero-order valence-electron chi connectivity index (χ0n) is 16.0. The van der Waals surface area contributed by atoms with Crippen molar-refractivity contribution in [1.29, 1.82) is 0 Å². The number of nitrogens with zero attached hydrogens (tertiary/aromatic N) is 1. The largest absolute Gasteiger partial charge is 0.493 e. The van der Waals surface area contributed by atoms with E-state index in [9.17, 15) is 0 Å². The molecule has 0 aliphatic carbocycles. The lowest BCUT2D eigenvalue weighted by molar-refractivity contribution is 0.284. The molecule has 4 heteroatoms. The summed E-state index contributed by atoms with van der Waals surface area (Å²) in [4.78, 5) is 4.73. The Morgan fingerprint density at radius 3 is 2.45 bits per heavy atom. The minimum absolute atomic E-state index is 0.471. The molecule has 29 heavy (non-hydrogen) atoms. The lowest BCUT2D eigenvalue weighted by Gasteiger charge is -2.13. The van der Waals surface area contributed by atoms with Crippen molar-refractivity contribution in [2.75, 3.05) is 7.11 Å². The van der Waals surface area contributed by atoms with E-state index in [4.69, 9.17) is 14.5 Å². The zero-order valence-corrected chi connectivity index (χ0v) is 17.6. The quantitative estimate of drug-likeness (QED) is 0.301. The van der Waals surface area contributed by atoms with Crippen LogP contribution in [-0.4, -0.2) is 13.3 Å². The highest BCUT2D eigenvalue weighted by molar-refractivity contribution is 9.10.